The fourth-order valence-corrected chi connectivity index (χ4v) is 1.97. The van der Waals surface area contributed by atoms with E-state index in [4.69, 9.17) is 0 Å². The minimum atomic E-state index is -0.480. The molecule has 1 aromatic heterocycles. The van der Waals surface area contributed by atoms with Gasteiger partial charge in [0.25, 0.3) is 0 Å². The van der Waals surface area contributed by atoms with Crippen molar-refractivity contribution in [3.63, 3.8) is 0 Å². The summed E-state index contributed by atoms with van der Waals surface area (Å²) in [6.45, 7) is 10.3. The summed E-state index contributed by atoms with van der Waals surface area (Å²) < 4.78 is 2.10. The average Bonchev–Trinajstić information content (AvgIpc) is 2.95. The molecule has 1 unspecified atom stereocenters. The second kappa shape index (κ2) is 3.59. The van der Waals surface area contributed by atoms with Crippen molar-refractivity contribution in [2.45, 2.75) is 59.6 Å². The zero-order chi connectivity index (χ0) is 12.1. The van der Waals surface area contributed by atoms with Crippen LogP contribution in [0.3, 0.4) is 0 Å². The Morgan fingerprint density at radius 2 is 1.88 bits per heavy atom. The fraction of sp³-hybridized carbons (Fsp3) is 0.769. The van der Waals surface area contributed by atoms with Gasteiger partial charge in [0.05, 0.1) is 11.7 Å². The number of nitrogens with zero attached hydrogens (tertiary/aromatic N) is 2. The molecule has 3 heteroatoms. The molecule has 1 N–H and O–H groups in total. The summed E-state index contributed by atoms with van der Waals surface area (Å²) in [7, 11) is 0. The summed E-state index contributed by atoms with van der Waals surface area (Å²) in [5.74, 6) is 0. The molecule has 0 spiro atoms. The highest BCUT2D eigenvalue weighted by Gasteiger charge is 2.32. The van der Waals surface area contributed by atoms with Crippen molar-refractivity contribution in [3.8, 4) is 0 Å². The van der Waals surface area contributed by atoms with Crippen molar-refractivity contribution in [1.29, 1.82) is 0 Å². The van der Waals surface area contributed by atoms with Crippen LogP contribution in [-0.2, 0) is 0 Å². The first-order valence-corrected chi connectivity index (χ1v) is 6.06. The van der Waals surface area contributed by atoms with Gasteiger partial charge in [-0.25, -0.2) is 0 Å². The fourth-order valence-electron chi connectivity index (χ4n) is 1.97. The van der Waals surface area contributed by atoms with Crippen molar-refractivity contribution in [1.82, 2.24) is 9.78 Å². The molecule has 0 saturated heterocycles. The quantitative estimate of drug-likeness (QED) is 0.835. The summed E-state index contributed by atoms with van der Waals surface area (Å²) in [4.78, 5) is 0. The monoisotopic (exact) mass is 222 g/mol. The summed E-state index contributed by atoms with van der Waals surface area (Å²) >= 11 is 0. The van der Waals surface area contributed by atoms with Crippen LogP contribution in [0, 0.1) is 19.3 Å². The van der Waals surface area contributed by atoms with Crippen LogP contribution >= 0.6 is 0 Å². The molecule has 0 radical (unpaired) electrons. The number of hydrogen-bond donors (Lipinski definition) is 1. The van der Waals surface area contributed by atoms with Crippen LogP contribution in [0.1, 0.15) is 62.7 Å². The SMILES string of the molecule is Cc1c(C(O)C(C)(C)C)nn(C2CC2)c1C. The van der Waals surface area contributed by atoms with Gasteiger partial charge in [-0.05, 0) is 37.7 Å². The van der Waals surface area contributed by atoms with Crippen molar-refractivity contribution < 1.29 is 5.11 Å². The smallest absolute Gasteiger partial charge is 0.103 e. The molecule has 0 aromatic carbocycles. The van der Waals surface area contributed by atoms with Crippen molar-refractivity contribution in [3.05, 3.63) is 17.0 Å². The number of aliphatic hydroxyl groups excluding tert-OH is 1. The second-order valence-electron chi connectivity index (χ2n) is 6.04. The Hall–Kier alpha value is -0.830. The Morgan fingerprint density at radius 1 is 1.31 bits per heavy atom. The number of aliphatic hydroxyl groups is 1. The van der Waals surface area contributed by atoms with Crippen LogP contribution in [0.15, 0.2) is 0 Å². The zero-order valence-corrected chi connectivity index (χ0v) is 10.9. The first-order chi connectivity index (χ1) is 7.32. The highest BCUT2D eigenvalue weighted by molar-refractivity contribution is 5.27. The van der Waals surface area contributed by atoms with Crippen LogP contribution < -0.4 is 0 Å². The minimum absolute atomic E-state index is 0.153. The van der Waals surface area contributed by atoms with Crippen molar-refractivity contribution in [2.24, 2.45) is 5.41 Å². The number of hydrogen-bond acceptors (Lipinski definition) is 2. The predicted octanol–water partition coefficient (Wildman–Crippen LogP) is 2.91. The number of rotatable bonds is 2. The molecule has 2 rings (SSSR count). The molecular formula is C13H22N2O. The van der Waals surface area contributed by atoms with Crippen molar-refractivity contribution in [2.75, 3.05) is 0 Å². The Labute approximate surface area is 97.5 Å². The van der Waals surface area contributed by atoms with E-state index in [-0.39, 0.29) is 5.41 Å². The predicted molar refractivity (Wildman–Crippen MR) is 64.4 cm³/mol. The molecule has 1 aliphatic carbocycles. The Balaban J connectivity index is 2.38. The molecule has 16 heavy (non-hydrogen) atoms. The molecule has 0 aliphatic heterocycles. The standard InChI is InChI=1S/C13H22N2O/c1-8-9(2)15(10-6-7-10)14-11(8)12(16)13(3,4)5/h10,12,16H,6-7H2,1-5H3. The molecule has 1 aromatic rings. The molecule has 1 heterocycles. The molecule has 1 aliphatic rings. The lowest BCUT2D eigenvalue weighted by Crippen LogP contribution is -2.19. The number of aromatic nitrogens is 2. The van der Waals surface area contributed by atoms with Crippen LogP contribution in [-0.4, -0.2) is 14.9 Å². The summed E-state index contributed by atoms with van der Waals surface area (Å²) in [6.07, 6.45) is 1.98. The minimum Gasteiger partial charge on any atom is -0.386 e. The molecule has 90 valence electrons. The summed E-state index contributed by atoms with van der Waals surface area (Å²) in [5, 5.41) is 14.9. The van der Waals surface area contributed by atoms with Gasteiger partial charge in [0, 0.05) is 5.69 Å². The van der Waals surface area contributed by atoms with E-state index >= 15 is 0 Å². The summed E-state index contributed by atoms with van der Waals surface area (Å²) in [6, 6.07) is 0.583. The highest BCUT2D eigenvalue weighted by Crippen LogP contribution is 2.39. The maximum Gasteiger partial charge on any atom is 0.103 e. The van der Waals surface area contributed by atoms with Crippen LogP contribution in [0.25, 0.3) is 0 Å². The average molecular weight is 222 g/mol. The van der Waals surface area contributed by atoms with E-state index < -0.39 is 6.10 Å². The lowest BCUT2D eigenvalue weighted by molar-refractivity contribution is 0.0578. The van der Waals surface area contributed by atoms with E-state index in [0.29, 0.717) is 6.04 Å². The third kappa shape index (κ3) is 1.88. The molecular weight excluding hydrogens is 200 g/mol. The Bertz CT molecular complexity index is 397. The third-order valence-electron chi connectivity index (χ3n) is 3.46. The van der Waals surface area contributed by atoms with Crippen LogP contribution in [0.2, 0.25) is 0 Å². The van der Waals surface area contributed by atoms with Crippen molar-refractivity contribution >= 4 is 0 Å². The lowest BCUT2D eigenvalue weighted by Gasteiger charge is -2.24. The van der Waals surface area contributed by atoms with E-state index in [1.807, 2.05) is 20.8 Å². The van der Waals surface area contributed by atoms with E-state index in [1.165, 1.54) is 18.5 Å². The van der Waals surface area contributed by atoms with E-state index in [1.54, 1.807) is 0 Å². The second-order valence-corrected chi connectivity index (χ2v) is 6.04. The lowest BCUT2D eigenvalue weighted by atomic mass is 9.86. The summed E-state index contributed by atoms with van der Waals surface area (Å²) in [5.41, 5.74) is 3.06. The van der Waals surface area contributed by atoms with E-state index in [2.05, 4.69) is 23.6 Å². The maximum absolute atomic E-state index is 10.3. The van der Waals surface area contributed by atoms with Gasteiger partial charge in [-0.15, -0.1) is 0 Å². The molecule has 1 atom stereocenters. The third-order valence-corrected chi connectivity index (χ3v) is 3.46. The molecule has 1 fully saturated rings. The molecule has 1 saturated carbocycles. The van der Waals surface area contributed by atoms with Gasteiger partial charge in [0.2, 0.25) is 0 Å². The van der Waals surface area contributed by atoms with Gasteiger partial charge in [-0.3, -0.25) is 4.68 Å². The normalized spacial score (nSPS) is 18.9. The van der Waals surface area contributed by atoms with E-state index in [9.17, 15) is 5.11 Å². The zero-order valence-electron chi connectivity index (χ0n) is 10.9. The maximum atomic E-state index is 10.3. The van der Waals surface area contributed by atoms with Crippen LogP contribution in [0.4, 0.5) is 0 Å². The first kappa shape index (κ1) is 11.6. The Morgan fingerprint density at radius 3 is 2.31 bits per heavy atom. The Kier molecular flexibility index (Phi) is 2.61. The highest BCUT2D eigenvalue weighted by atomic mass is 16.3. The van der Waals surface area contributed by atoms with Gasteiger partial charge in [0.15, 0.2) is 0 Å². The van der Waals surface area contributed by atoms with Gasteiger partial charge >= 0.3 is 0 Å². The van der Waals surface area contributed by atoms with Gasteiger partial charge < -0.3 is 5.11 Å². The molecule has 3 nitrogen and oxygen atoms in total. The van der Waals surface area contributed by atoms with Gasteiger partial charge in [-0.1, -0.05) is 20.8 Å². The topological polar surface area (TPSA) is 38.1 Å². The van der Waals surface area contributed by atoms with Crippen LogP contribution in [0.5, 0.6) is 0 Å². The van der Waals surface area contributed by atoms with Gasteiger partial charge in [0.1, 0.15) is 6.10 Å². The van der Waals surface area contributed by atoms with E-state index in [0.717, 1.165) is 11.3 Å². The molecule has 0 bridgehead atoms. The molecule has 0 amide bonds. The first-order valence-electron chi connectivity index (χ1n) is 6.06. The largest absolute Gasteiger partial charge is 0.386 e. The van der Waals surface area contributed by atoms with Gasteiger partial charge in [-0.2, -0.15) is 5.10 Å².